The SMILES string of the molecule is CC1C(=O)OC(=O)c2sccc21. The van der Waals surface area contributed by atoms with Gasteiger partial charge in [-0.15, -0.1) is 11.3 Å². The number of hydrogen-bond acceptors (Lipinski definition) is 4. The highest BCUT2D eigenvalue weighted by Crippen LogP contribution is 2.30. The van der Waals surface area contributed by atoms with Gasteiger partial charge in [-0.1, -0.05) is 0 Å². The normalized spacial score (nSPS) is 21.9. The standard InChI is InChI=1S/C8H6O3S/c1-4-5-2-3-12-6(5)8(10)11-7(4)9/h2-4H,1H3. The molecule has 1 unspecified atom stereocenters. The summed E-state index contributed by atoms with van der Waals surface area (Å²) in [4.78, 5) is 22.7. The van der Waals surface area contributed by atoms with E-state index in [-0.39, 0.29) is 5.92 Å². The molecule has 1 aliphatic heterocycles. The second-order valence-electron chi connectivity index (χ2n) is 2.64. The Kier molecular flexibility index (Phi) is 1.51. The number of fused-ring (bicyclic) bond motifs is 1. The van der Waals surface area contributed by atoms with Gasteiger partial charge in [0.2, 0.25) is 0 Å². The van der Waals surface area contributed by atoms with Crippen LogP contribution < -0.4 is 0 Å². The van der Waals surface area contributed by atoms with E-state index in [0.29, 0.717) is 4.88 Å². The molecule has 0 amide bonds. The molecule has 1 aromatic rings. The van der Waals surface area contributed by atoms with Crippen molar-refractivity contribution in [2.75, 3.05) is 0 Å². The predicted molar refractivity (Wildman–Crippen MR) is 43.2 cm³/mol. The summed E-state index contributed by atoms with van der Waals surface area (Å²) in [5.41, 5.74) is 0.793. The Balaban J connectivity index is 2.57. The largest absolute Gasteiger partial charge is 0.388 e. The van der Waals surface area contributed by atoms with E-state index in [0.717, 1.165) is 5.56 Å². The number of carbonyl (C=O) groups is 2. The molecule has 62 valence electrons. The third-order valence-electron chi connectivity index (χ3n) is 1.89. The van der Waals surface area contributed by atoms with Crippen LogP contribution in [0.5, 0.6) is 0 Å². The van der Waals surface area contributed by atoms with Crippen molar-refractivity contribution in [2.24, 2.45) is 0 Å². The van der Waals surface area contributed by atoms with Gasteiger partial charge in [0.05, 0.1) is 5.92 Å². The van der Waals surface area contributed by atoms with E-state index in [1.54, 1.807) is 18.4 Å². The predicted octanol–water partition coefficient (Wildman–Crippen LogP) is 1.55. The average molecular weight is 182 g/mol. The van der Waals surface area contributed by atoms with Gasteiger partial charge in [0.1, 0.15) is 4.88 Å². The van der Waals surface area contributed by atoms with Crippen LogP contribution in [0.2, 0.25) is 0 Å². The molecule has 0 spiro atoms. The first-order chi connectivity index (χ1) is 5.70. The van der Waals surface area contributed by atoms with Crippen LogP contribution in [0.25, 0.3) is 0 Å². The lowest BCUT2D eigenvalue weighted by Gasteiger charge is -2.15. The molecule has 0 saturated heterocycles. The van der Waals surface area contributed by atoms with E-state index >= 15 is 0 Å². The first kappa shape index (κ1) is 7.49. The molecule has 0 N–H and O–H groups in total. The third kappa shape index (κ3) is 0.881. The molecule has 1 aromatic heterocycles. The molecular formula is C8H6O3S. The molecule has 1 atom stereocenters. The summed E-state index contributed by atoms with van der Waals surface area (Å²) >= 11 is 1.31. The summed E-state index contributed by atoms with van der Waals surface area (Å²) in [7, 11) is 0. The van der Waals surface area contributed by atoms with Crippen LogP contribution in [-0.2, 0) is 9.53 Å². The topological polar surface area (TPSA) is 43.4 Å². The molecule has 2 heterocycles. The van der Waals surface area contributed by atoms with Gasteiger partial charge in [0.15, 0.2) is 0 Å². The number of cyclic esters (lactones) is 2. The number of thiophene rings is 1. The maximum Gasteiger partial charge on any atom is 0.356 e. The first-order valence-electron chi connectivity index (χ1n) is 3.53. The number of hydrogen-bond donors (Lipinski definition) is 0. The molecule has 3 nitrogen and oxygen atoms in total. The molecule has 12 heavy (non-hydrogen) atoms. The lowest BCUT2D eigenvalue weighted by molar-refractivity contribution is -0.140. The van der Waals surface area contributed by atoms with Crippen LogP contribution in [0.3, 0.4) is 0 Å². The fraction of sp³-hybridized carbons (Fsp3) is 0.250. The molecule has 0 saturated carbocycles. The van der Waals surface area contributed by atoms with Crippen molar-refractivity contribution in [1.82, 2.24) is 0 Å². The summed E-state index contributed by atoms with van der Waals surface area (Å²) < 4.78 is 4.52. The van der Waals surface area contributed by atoms with Crippen molar-refractivity contribution >= 4 is 23.3 Å². The van der Waals surface area contributed by atoms with E-state index in [1.807, 2.05) is 0 Å². The second-order valence-corrected chi connectivity index (χ2v) is 3.55. The molecule has 2 rings (SSSR count). The Morgan fingerprint density at radius 3 is 3.00 bits per heavy atom. The summed E-state index contributed by atoms with van der Waals surface area (Å²) in [6, 6.07) is 1.79. The maximum absolute atomic E-state index is 11.1. The van der Waals surface area contributed by atoms with Gasteiger partial charge in [-0.25, -0.2) is 4.79 Å². The van der Waals surface area contributed by atoms with Gasteiger partial charge in [0.25, 0.3) is 0 Å². The van der Waals surface area contributed by atoms with Crippen molar-refractivity contribution in [2.45, 2.75) is 12.8 Å². The highest BCUT2D eigenvalue weighted by Gasteiger charge is 2.32. The van der Waals surface area contributed by atoms with Gasteiger partial charge in [0, 0.05) is 0 Å². The lowest BCUT2D eigenvalue weighted by Crippen LogP contribution is -2.24. The molecule has 1 aliphatic rings. The van der Waals surface area contributed by atoms with Crippen molar-refractivity contribution in [1.29, 1.82) is 0 Å². The van der Waals surface area contributed by atoms with E-state index < -0.39 is 11.9 Å². The van der Waals surface area contributed by atoms with Crippen LogP contribution in [0.4, 0.5) is 0 Å². The maximum atomic E-state index is 11.1. The summed E-state index contributed by atoms with van der Waals surface area (Å²) in [6.45, 7) is 1.74. The Morgan fingerprint density at radius 2 is 2.25 bits per heavy atom. The number of esters is 2. The van der Waals surface area contributed by atoms with Gasteiger partial charge in [-0.2, -0.15) is 0 Å². The van der Waals surface area contributed by atoms with Gasteiger partial charge in [-0.05, 0) is 23.9 Å². The molecular weight excluding hydrogens is 176 g/mol. The molecule has 0 fully saturated rings. The summed E-state index contributed by atoms with van der Waals surface area (Å²) in [6.07, 6.45) is 0. The zero-order valence-electron chi connectivity index (χ0n) is 6.37. The summed E-state index contributed by atoms with van der Waals surface area (Å²) in [5, 5.41) is 1.79. The minimum absolute atomic E-state index is 0.302. The van der Waals surface area contributed by atoms with Gasteiger partial charge < -0.3 is 4.74 Å². The van der Waals surface area contributed by atoms with Crippen LogP contribution in [0.1, 0.15) is 28.1 Å². The Bertz CT molecular complexity index is 353. The third-order valence-corrected chi connectivity index (χ3v) is 2.80. The number of rotatable bonds is 0. The highest BCUT2D eigenvalue weighted by atomic mass is 32.1. The number of carbonyl (C=O) groups excluding carboxylic acids is 2. The van der Waals surface area contributed by atoms with E-state index in [4.69, 9.17) is 0 Å². The smallest absolute Gasteiger partial charge is 0.356 e. The van der Waals surface area contributed by atoms with Crippen LogP contribution in [0, 0.1) is 0 Å². The average Bonchev–Trinajstić information content (AvgIpc) is 2.48. The molecule has 4 heteroatoms. The number of ether oxygens (including phenoxy) is 1. The fourth-order valence-corrected chi connectivity index (χ4v) is 2.05. The fourth-order valence-electron chi connectivity index (χ4n) is 1.18. The minimum Gasteiger partial charge on any atom is -0.388 e. The quantitative estimate of drug-likeness (QED) is 0.451. The van der Waals surface area contributed by atoms with Crippen molar-refractivity contribution < 1.29 is 14.3 Å². The van der Waals surface area contributed by atoms with Crippen LogP contribution in [-0.4, -0.2) is 11.9 Å². The van der Waals surface area contributed by atoms with E-state index in [1.165, 1.54) is 11.3 Å². The van der Waals surface area contributed by atoms with Crippen LogP contribution in [0.15, 0.2) is 11.4 Å². The molecule has 0 aliphatic carbocycles. The van der Waals surface area contributed by atoms with Gasteiger partial charge >= 0.3 is 11.9 Å². The molecule has 0 aromatic carbocycles. The van der Waals surface area contributed by atoms with Crippen LogP contribution >= 0.6 is 11.3 Å². The Morgan fingerprint density at radius 1 is 1.50 bits per heavy atom. The van der Waals surface area contributed by atoms with Gasteiger partial charge in [-0.3, -0.25) is 4.79 Å². The van der Waals surface area contributed by atoms with Crippen molar-refractivity contribution in [3.05, 3.63) is 21.9 Å². The minimum atomic E-state index is -0.511. The monoisotopic (exact) mass is 182 g/mol. The highest BCUT2D eigenvalue weighted by molar-refractivity contribution is 7.12. The molecule has 0 bridgehead atoms. The molecule has 0 radical (unpaired) electrons. The Hall–Kier alpha value is -1.16. The van der Waals surface area contributed by atoms with E-state index in [9.17, 15) is 9.59 Å². The van der Waals surface area contributed by atoms with Crippen molar-refractivity contribution in [3.63, 3.8) is 0 Å². The zero-order chi connectivity index (χ0) is 8.72. The lowest BCUT2D eigenvalue weighted by atomic mass is 10.0. The summed E-state index contributed by atoms with van der Waals surface area (Å²) in [5.74, 6) is -1.27. The first-order valence-corrected chi connectivity index (χ1v) is 4.41. The Labute approximate surface area is 73.0 Å². The zero-order valence-corrected chi connectivity index (χ0v) is 7.18. The van der Waals surface area contributed by atoms with E-state index in [2.05, 4.69) is 4.74 Å². The second kappa shape index (κ2) is 2.42. The van der Waals surface area contributed by atoms with Crippen molar-refractivity contribution in [3.8, 4) is 0 Å².